The second kappa shape index (κ2) is 11.7. The first kappa shape index (κ1) is 27.5. The van der Waals surface area contributed by atoms with Gasteiger partial charge in [-0.1, -0.05) is 62.4 Å². The predicted octanol–water partition coefficient (Wildman–Crippen LogP) is 4.97. The Morgan fingerprint density at radius 1 is 0.881 bits per heavy atom. The molecule has 3 aromatic carbocycles. The van der Waals surface area contributed by atoms with E-state index in [0.29, 0.717) is 47.7 Å². The molecule has 0 saturated carbocycles. The molecular weight excluding hydrogens is 528 g/mol. The number of likely N-dealkylation sites (N-methyl/N-ethyl adjacent to an activating group) is 1. The Bertz CT molecular complexity index is 1800. The molecule has 214 valence electrons. The number of H-pyrrole nitrogens is 1. The fraction of sp³-hybridized carbons (Fsp3) is 0.235. The number of hydrogen-bond acceptors (Lipinski definition) is 5. The lowest BCUT2D eigenvalue weighted by Crippen LogP contribution is -2.34. The number of amides is 2. The monoisotopic (exact) mass is 562 g/mol. The number of benzene rings is 3. The summed E-state index contributed by atoms with van der Waals surface area (Å²) < 4.78 is 8.09. The van der Waals surface area contributed by atoms with Gasteiger partial charge in [-0.2, -0.15) is 0 Å². The average Bonchev–Trinajstić information content (AvgIpc) is 3.67. The Balaban J connectivity index is 1.46. The molecule has 0 aliphatic carbocycles. The molecule has 3 heterocycles. The van der Waals surface area contributed by atoms with Crippen LogP contribution in [0, 0.1) is 0 Å². The van der Waals surface area contributed by atoms with Gasteiger partial charge in [0, 0.05) is 59.0 Å². The standard InChI is InChI=1S/C34H34N4O4/c1-3-37(4-2)18-23(39)19-38-20-28(26-15-14-24(16-30(26)38)42-21-22-10-6-5-7-11-22)32-31(33(40)36-34(32)41)27-17-35-29-13-9-8-12-25(27)29/h5-17,20,23,35,39H,3-4,18-19,21H2,1-2H3,(H,36,40,41). The number of fused-ring (bicyclic) bond motifs is 2. The Morgan fingerprint density at radius 2 is 1.60 bits per heavy atom. The first-order valence-corrected chi connectivity index (χ1v) is 14.3. The second-order valence-electron chi connectivity index (χ2n) is 10.6. The molecule has 42 heavy (non-hydrogen) atoms. The summed E-state index contributed by atoms with van der Waals surface area (Å²) in [4.78, 5) is 32.0. The van der Waals surface area contributed by atoms with Gasteiger partial charge in [-0.3, -0.25) is 14.9 Å². The predicted molar refractivity (Wildman–Crippen MR) is 165 cm³/mol. The Hall–Kier alpha value is -4.66. The van der Waals surface area contributed by atoms with Crippen molar-refractivity contribution in [1.29, 1.82) is 0 Å². The lowest BCUT2D eigenvalue weighted by Gasteiger charge is -2.22. The third-order valence-corrected chi connectivity index (χ3v) is 7.93. The van der Waals surface area contributed by atoms with Crippen molar-refractivity contribution in [3.05, 3.63) is 102 Å². The molecule has 0 saturated heterocycles. The number of aromatic amines is 1. The van der Waals surface area contributed by atoms with E-state index in [9.17, 15) is 14.7 Å². The van der Waals surface area contributed by atoms with E-state index in [2.05, 4.69) is 29.0 Å². The number of nitrogens with one attached hydrogen (secondary N) is 2. The third-order valence-electron chi connectivity index (χ3n) is 7.93. The van der Waals surface area contributed by atoms with Crippen molar-refractivity contribution < 1.29 is 19.4 Å². The van der Waals surface area contributed by atoms with Crippen molar-refractivity contribution in [2.24, 2.45) is 0 Å². The van der Waals surface area contributed by atoms with Crippen LogP contribution in [0.3, 0.4) is 0 Å². The van der Waals surface area contributed by atoms with E-state index in [1.807, 2.05) is 83.6 Å². The van der Waals surface area contributed by atoms with Gasteiger partial charge in [-0.05, 0) is 36.9 Å². The maximum absolute atomic E-state index is 13.4. The van der Waals surface area contributed by atoms with E-state index in [0.717, 1.165) is 40.5 Å². The third kappa shape index (κ3) is 5.22. The largest absolute Gasteiger partial charge is 0.489 e. The number of carbonyl (C=O) groups excluding carboxylic acids is 2. The summed E-state index contributed by atoms with van der Waals surface area (Å²) in [7, 11) is 0. The van der Waals surface area contributed by atoms with E-state index in [4.69, 9.17) is 4.74 Å². The average molecular weight is 563 g/mol. The van der Waals surface area contributed by atoms with Crippen molar-refractivity contribution in [2.75, 3.05) is 19.6 Å². The molecule has 3 N–H and O–H groups in total. The van der Waals surface area contributed by atoms with Crippen LogP contribution in [0.15, 0.2) is 85.2 Å². The highest BCUT2D eigenvalue weighted by atomic mass is 16.5. The van der Waals surface area contributed by atoms with Gasteiger partial charge in [-0.15, -0.1) is 0 Å². The van der Waals surface area contributed by atoms with Gasteiger partial charge < -0.3 is 24.3 Å². The van der Waals surface area contributed by atoms with E-state index >= 15 is 0 Å². The van der Waals surface area contributed by atoms with Gasteiger partial charge in [0.05, 0.1) is 22.8 Å². The number of hydrogen-bond donors (Lipinski definition) is 3. The number of aliphatic hydroxyl groups excluding tert-OH is 1. The zero-order valence-corrected chi connectivity index (χ0v) is 23.8. The summed E-state index contributed by atoms with van der Waals surface area (Å²) in [6.45, 7) is 7.08. The van der Waals surface area contributed by atoms with E-state index in [1.54, 1.807) is 6.20 Å². The van der Waals surface area contributed by atoms with Gasteiger partial charge in [0.25, 0.3) is 11.8 Å². The van der Waals surface area contributed by atoms with Crippen molar-refractivity contribution >= 4 is 44.8 Å². The first-order chi connectivity index (χ1) is 20.5. The van der Waals surface area contributed by atoms with Crippen molar-refractivity contribution in [3.8, 4) is 5.75 Å². The molecule has 0 radical (unpaired) electrons. The minimum absolute atomic E-state index is 0.320. The van der Waals surface area contributed by atoms with E-state index in [1.165, 1.54) is 0 Å². The molecule has 8 nitrogen and oxygen atoms in total. The van der Waals surface area contributed by atoms with Gasteiger partial charge in [0.1, 0.15) is 12.4 Å². The number of imide groups is 1. The normalized spacial score (nSPS) is 14.4. The van der Waals surface area contributed by atoms with Crippen LogP contribution in [0.5, 0.6) is 5.75 Å². The maximum Gasteiger partial charge on any atom is 0.259 e. The quantitative estimate of drug-likeness (QED) is 0.198. The van der Waals surface area contributed by atoms with Crippen LogP contribution in [0.1, 0.15) is 30.5 Å². The smallest absolute Gasteiger partial charge is 0.259 e. The summed E-state index contributed by atoms with van der Waals surface area (Å²) in [6, 6.07) is 23.4. The Morgan fingerprint density at radius 3 is 2.36 bits per heavy atom. The van der Waals surface area contributed by atoms with E-state index in [-0.39, 0.29) is 0 Å². The molecule has 1 unspecified atom stereocenters. The Labute approximate surface area is 244 Å². The molecule has 8 heteroatoms. The van der Waals surface area contributed by atoms with Crippen LogP contribution in [-0.4, -0.2) is 57.1 Å². The topological polar surface area (TPSA) is 99.6 Å². The molecule has 2 aromatic heterocycles. The molecule has 2 amide bonds. The summed E-state index contributed by atoms with van der Waals surface area (Å²) >= 11 is 0. The zero-order chi connectivity index (χ0) is 29.2. The van der Waals surface area contributed by atoms with Crippen LogP contribution in [0.2, 0.25) is 0 Å². The number of aliphatic hydroxyl groups is 1. The number of para-hydroxylation sites is 1. The fourth-order valence-electron chi connectivity index (χ4n) is 5.76. The number of carbonyl (C=O) groups is 2. The number of nitrogens with zero attached hydrogens (tertiary/aromatic N) is 2. The fourth-order valence-corrected chi connectivity index (χ4v) is 5.76. The van der Waals surface area contributed by atoms with Gasteiger partial charge >= 0.3 is 0 Å². The van der Waals surface area contributed by atoms with Crippen LogP contribution >= 0.6 is 0 Å². The second-order valence-corrected chi connectivity index (χ2v) is 10.6. The molecule has 6 rings (SSSR count). The highest BCUT2D eigenvalue weighted by Crippen LogP contribution is 2.39. The SMILES string of the molecule is CCN(CC)CC(O)Cn1cc(C2=C(c3c[nH]c4ccccc34)C(=O)NC2=O)c2ccc(OCc3ccccc3)cc21. The van der Waals surface area contributed by atoms with Crippen LogP contribution < -0.4 is 10.1 Å². The molecular formula is C34H34N4O4. The summed E-state index contributed by atoms with van der Waals surface area (Å²) in [6.07, 6.45) is 3.02. The van der Waals surface area contributed by atoms with E-state index < -0.39 is 17.9 Å². The van der Waals surface area contributed by atoms with Crippen LogP contribution in [0.25, 0.3) is 33.0 Å². The highest BCUT2D eigenvalue weighted by molar-refractivity contribution is 6.50. The van der Waals surface area contributed by atoms with Gasteiger partial charge in [0.15, 0.2) is 0 Å². The van der Waals surface area contributed by atoms with Crippen molar-refractivity contribution in [2.45, 2.75) is 33.1 Å². The lowest BCUT2D eigenvalue weighted by molar-refractivity contribution is -0.122. The minimum atomic E-state index is -0.636. The summed E-state index contributed by atoms with van der Waals surface area (Å²) in [5, 5.41) is 15.2. The highest BCUT2D eigenvalue weighted by Gasteiger charge is 2.35. The molecule has 1 atom stereocenters. The lowest BCUT2D eigenvalue weighted by atomic mass is 9.95. The Kier molecular flexibility index (Phi) is 7.65. The summed E-state index contributed by atoms with van der Waals surface area (Å²) in [5.74, 6) is -0.189. The molecule has 0 spiro atoms. The number of ether oxygens (including phenoxy) is 1. The molecule has 1 aliphatic heterocycles. The number of aromatic nitrogens is 2. The van der Waals surface area contributed by atoms with Crippen LogP contribution in [0.4, 0.5) is 0 Å². The first-order valence-electron chi connectivity index (χ1n) is 14.3. The molecule has 1 aliphatic rings. The minimum Gasteiger partial charge on any atom is -0.489 e. The van der Waals surface area contributed by atoms with Crippen molar-refractivity contribution in [1.82, 2.24) is 19.8 Å². The molecule has 0 fully saturated rings. The van der Waals surface area contributed by atoms with Gasteiger partial charge in [-0.25, -0.2) is 0 Å². The zero-order valence-electron chi connectivity index (χ0n) is 23.8. The number of rotatable bonds is 11. The molecule has 0 bridgehead atoms. The van der Waals surface area contributed by atoms with Crippen molar-refractivity contribution in [3.63, 3.8) is 0 Å². The summed E-state index contributed by atoms with van der Waals surface area (Å²) in [5.41, 5.74) is 4.72. The van der Waals surface area contributed by atoms with Crippen LogP contribution in [-0.2, 0) is 22.7 Å². The maximum atomic E-state index is 13.4. The molecule has 5 aromatic rings. The van der Waals surface area contributed by atoms with Gasteiger partial charge in [0.2, 0.25) is 0 Å².